The van der Waals surface area contributed by atoms with Crippen LogP contribution in [0.15, 0.2) is 0 Å². The molecule has 0 aromatic heterocycles. The monoisotopic (exact) mass is 180 g/mol. The second-order valence-corrected chi connectivity index (χ2v) is 5.16. The Morgan fingerprint density at radius 2 is 1.85 bits per heavy atom. The van der Waals surface area contributed by atoms with E-state index in [1.165, 1.54) is 51.9 Å². The van der Waals surface area contributed by atoms with Gasteiger partial charge in [-0.1, -0.05) is 0 Å². The van der Waals surface area contributed by atoms with Crippen LogP contribution < -0.4 is 5.32 Å². The first-order valence-corrected chi connectivity index (χ1v) is 5.86. The van der Waals surface area contributed by atoms with Gasteiger partial charge in [-0.3, -0.25) is 4.90 Å². The number of nitrogens with zero attached hydrogens (tertiary/aromatic N) is 1. The summed E-state index contributed by atoms with van der Waals surface area (Å²) in [5, 5.41) is 3.52. The first-order valence-electron chi connectivity index (χ1n) is 5.86. The summed E-state index contributed by atoms with van der Waals surface area (Å²) in [4.78, 5) is 2.76. The fraction of sp³-hybridized carbons (Fsp3) is 1.00. The van der Waals surface area contributed by atoms with Crippen molar-refractivity contribution in [3.63, 3.8) is 0 Å². The second-order valence-electron chi connectivity index (χ2n) is 5.16. The molecule has 0 aromatic carbocycles. The van der Waals surface area contributed by atoms with Crippen molar-refractivity contribution in [1.82, 2.24) is 10.2 Å². The predicted molar refractivity (Wildman–Crippen MR) is 53.7 cm³/mol. The van der Waals surface area contributed by atoms with E-state index in [1.807, 2.05) is 0 Å². The molecule has 1 N–H and O–H groups in total. The van der Waals surface area contributed by atoms with Crippen LogP contribution in [0.3, 0.4) is 0 Å². The van der Waals surface area contributed by atoms with Crippen LogP contribution in [-0.2, 0) is 0 Å². The molecule has 0 spiro atoms. The van der Waals surface area contributed by atoms with Crippen LogP contribution in [0.4, 0.5) is 0 Å². The molecule has 2 bridgehead atoms. The number of piperidine rings is 3. The van der Waals surface area contributed by atoms with Crippen molar-refractivity contribution in [2.75, 3.05) is 26.2 Å². The van der Waals surface area contributed by atoms with Crippen molar-refractivity contribution in [3.8, 4) is 0 Å². The molecule has 4 rings (SSSR count). The van der Waals surface area contributed by atoms with Crippen molar-refractivity contribution in [2.45, 2.75) is 31.7 Å². The molecule has 1 saturated carbocycles. The van der Waals surface area contributed by atoms with Crippen molar-refractivity contribution < 1.29 is 0 Å². The maximum absolute atomic E-state index is 3.52. The summed E-state index contributed by atoms with van der Waals surface area (Å²) >= 11 is 0. The van der Waals surface area contributed by atoms with E-state index < -0.39 is 0 Å². The van der Waals surface area contributed by atoms with E-state index in [1.54, 1.807) is 0 Å². The van der Waals surface area contributed by atoms with Crippen molar-refractivity contribution >= 4 is 0 Å². The van der Waals surface area contributed by atoms with Crippen LogP contribution in [0, 0.1) is 11.8 Å². The Hall–Kier alpha value is -0.0800. The Bertz CT molecular complexity index is 171. The SMILES string of the molecule is C1CNCC(N2CC3CC(C3)C2)C1. The Morgan fingerprint density at radius 3 is 2.46 bits per heavy atom. The van der Waals surface area contributed by atoms with Gasteiger partial charge in [-0.25, -0.2) is 0 Å². The van der Waals surface area contributed by atoms with Gasteiger partial charge in [0.2, 0.25) is 0 Å². The summed E-state index contributed by atoms with van der Waals surface area (Å²) in [5.41, 5.74) is 0. The molecule has 13 heavy (non-hydrogen) atoms. The second kappa shape index (κ2) is 3.25. The highest BCUT2D eigenvalue weighted by Gasteiger charge is 2.39. The molecule has 2 nitrogen and oxygen atoms in total. The highest BCUT2D eigenvalue weighted by Crippen LogP contribution is 2.40. The number of nitrogens with one attached hydrogen (secondary N) is 1. The topological polar surface area (TPSA) is 15.3 Å². The molecule has 4 fully saturated rings. The van der Waals surface area contributed by atoms with Gasteiger partial charge in [-0.05, 0) is 44.1 Å². The lowest BCUT2D eigenvalue weighted by atomic mass is 9.70. The summed E-state index contributed by atoms with van der Waals surface area (Å²) in [6, 6.07) is 0.874. The quantitative estimate of drug-likeness (QED) is 0.649. The highest BCUT2D eigenvalue weighted by molar-refractivity contribution is 4.93. The van der Waals surface area contributed by atoms with Crippen LogP contribution in [0.1, 0.15) is 25.7 Å². The zero-order chi connectivity index (χ0) is 8.67. The summed E-state index contributed by atoms with van der Waals surface area (Å²) in [6.07, 6.45) is 5.90. The predicted octanol–water partition coefficient (Wildman–Crippen LogP) is 1.08. The number of hydrogen-bond donors (Lipinski definition) is 1. The zero-order valence-corrected chi connectivity index (χ0v) is 8.34. The fourth-order valence-electron chi connectivity index (χ4n) is 3.35. The number of rotatable bonds is 1. The summed E-state index contributed by atoms with van der Waals surface area (Å²) in [6.45, 7) is 5.31. The molecule has 0 amide bonds. The largest absolute Gasteiger partial charge is 0.315 e. The van der Waals surface area contributed by atoms with Gasteiger partial charge < -0.3 is 5.32 Å². The van der Waals surface area contributed by atoms with Gasteiger partial charge >= 0.3 is 0 Å². The first kappa shape index (κ1) is 8.25. The fourth-order valence-corrected chi connectivity index (χ4v) is 3.35. The molecule has 3 saturated heterocycles. The van der Waals surface area contributed by atoms with Crippen molar-refractivity contribution in [1.29, 1.82) is 0 Å². The third-order valence-corrected chi connectivity index (χ3v) is 4.11. The number of hydrogen-bond acceptors (Lipinski definition) is 2. The molecule has 1 aliphatic carbocycles. The average molecular weight is 180 g/mol. The average Bonchev–Trinajstić information content (AvgIpc) is 2.18. The maximum atomic E-state index is 3.52. The minimum atomic E-state index is 0.874. The molecule has 74 valence electrons. The van der Waals surface area contributed by atoms with E-state index >= 15 is 0 Å². The van der Waals surface area contributed by atoms with Gasteiger partial charge in [0, 0.05) is 25.7 Å². The van der Waals surface area contributed by atoms with E-state index in [9.17, 15) is 0 Å². The third kappa shape index (κ3) is 1.50. The summed E-state index contributed by atoms with van der Waals surface area (Å²) in [7, 11) is 0. The molecule has 2 heteroatoms. The summed E-state index contributed by atoms with van der Waals surface area (Å²) in [5.74, 6) is 2.14. The van der Waals surface area contributed by atoms with Crippen LogP contribution in [0.5, 0.6) is 0 Å². The van der Waals surface area contributed by atoms with E-state index in [2.05, 4.69) is 10.2 Å². The normalized spacial score (nSPS) is 45.7. The minimum absolute atomic E-state index is 0.874. The van der Waals surface area contributed by atoms with Crippen LogP contribution in [0.25, 0.3) is 0 Å². The van der Waals surface area contributed by atoms with Gasteiger partial charge in [0.1, 0.15) is 0 Å². The zero-order valence-electron chi connectivity index (χ0n) is 8.34. The van der Waals surface area contributed by atoms with Crippen LogP contribution in [0.2, 0.25) is 0 Å². The molecule has 1 unspecified atom stereocenters. The molecule has 3 heterocycles. The van der Waals surface area contributed by atoms with E-state index in [4.69, 9.17) is 0 Å². The molecular formula is C11H20N2. The Kier molecular flexibility index (Phi) is 2.06. The molecule has 1 atom stereocenters. The van der Waals surface area contributed by atoms with Gasteiger partial charge in [0.25, 0.3) is 0 Å². The molecule has 0 aromatic rings. The standard InChI is InChI=1S/C11H20N2/c1-2-11(6-12-3-1)13-7-9-4-10(5-9)8-13/h9-12H,1-8H2. The summed E-state index contributed by atoms with van der Waals surface area (Å²) < 4.78 is 0. The molecule has 3 aliphatic heterocycles. The van der Waals surface area contributed by atoms with Crippen LogP contribution >= 0.6 is 0 Å². The Labute approximate surface area is 80.7 Å². The van der Waals surface area contributed by atoms with Gasteiger partial charge in [0.05, 0.1) is 0 Å². The van der Waals surface area contributed by atoms with E-state index in [-0.39, 0.29) is 0 Å². The minimum Gasteiger partial charge on any atom is -0.315 e. The van der Waals surface area contributed by atoms with Crippen molar-refractivity contribution in [2.24, 2.45) is 11.8 Å². The molecular weight excluding hydrogens is 160 g/mol. The first-order chi connectivity index (χ1) is 6.42. The Balaban J connectivity index is 1.58. The lowest BCUT2D eigenvalue weighted by Crippen LogP contribution is -2.56. The maximum Gasteiger partial charge on any atom is 0.0221 e. The van der Waals surface area contributed by atoms with Gasteiger partial charge in [0.15, 0.2) is 0 Å². The van der Waals surface area contributed by atoms with Crippen molar-refractivity contribution in [3.05, 3.63) is 0 Å². The van der Waals surface area contributed by atoms with Crippen LogP contribution in [-0.4, -0.2) is 37.1 Å². The van der Waals surface area contributed by atoms with Gasteiger partial charge in [-0.15, -0.1) is 0 Å². The third-order valence-electron chi connectivity index (χ3n) is 4.11. The molecule has 0 radical (unpaired) electrons. The smallest absolute Gasteiger partial charge is 0.0221 e. The van der Waals surface area contributed by atoms with Gasteiger partial charge in [-0.2, -0.15) is 0 Å². The highest BCUT2D eigenvalue weighted by atomic mass is 15.2. The number of fused-ring (bicyclic) bond motifs is 2. The van der Waals surface area contributed by atoms with E-state index in [0.29, 0.717) is 0 Å². The van der Waals surface area contributed by atoms with E-state index in [0.717, 1.165) is 17.9 Å². The molecule has 4 aliphatic rings. The Morgan fingerprint density at radius 1 is 1.08 bits per heavy atom. The lowest BCUT2D eigenvalue weighted by Gasteiger charge is -2.50. The lowest BCUT2D eigenvalue weighted by molar-refractivity contribution is -0.00433.